The molecule has 2 rings (SSSR count). The van der Waals surface area contributed by atoms with Gasteiger partial charge < -0.3 is 5.73 Å². The number of nitrogens with zero attached hydrogens (tertiary/aromatic N) is 1. The van der Waals surface area contributed by atoms with E-state index in [9.17, 15) is 0 Å². The fourth-order valence-corrected chi connectivity index (χ4v) is 3.77. The maximum absolute atomic E-state index is 5.89. The lowest BCUT2D eigenvalue weighted by molar-refractivity contribution is 0.258. The lowest BCUT2D eigenvalue weighted by Gasteiger charge is -2.29. The Morgan fingerprint density at radius 2 is 1.88 bits per heavy atom. The van der Waals surface area contributed by atoms with Gasteiger partial charge in [0, 0.05) is 23.0 Å². The Kier molecular flexibility index (Phi) is 4.21. The second-order valence-electron chi connectivity index (χ2n) is 5.75. The maximum atomic E-state index is 5.89. The fraction of sp³-hybridized carbons (Fsp3) is 0.786. The average Bonchev–Trinajstić information content (AvgIpc) is 2.78. The quantitative estimate of drug-likeness (QED) is 0.880. The second-order valence-corrected chi connectivity index (χ2v) is 6.84. The molecule has 0 aromatic carbocycles. The van der Waals surface area contributed by atoms with Crippen molar-refractivity contribution in [1.82, 2.24) is 4.98 Å². The predicted molar refractivity (Wildman–Crippen MR) is 74.3 cm³/mol. The van der Waals surface area contributed by atoms with Gasteiger partial charge in [0.2, 0.25) is 0 Å². The minimum absolute atomic E-state index is 0.133. The van der Waals surface area contributed by atoms with E-state index in [0.29, 0.717) is 5.92 Å². The number of hydrogen-bond donors (Lipinski definition) is 1. The third kappa shape index (κ3) is 3.08. The van der Waals surface area contributed by atoms with Crippen LogP contribution in [0.15, 0.2) is 6.20 Å². The summed E-state index contributed by atoms with van der Waals surface area (Å²) in [6.07, 6.45) is 7.34. The Morgan fingerprint density at radius 3 is 2.35 bits per heavy atom. The van der Waals surface area contributed by atoms with Gasteiger partial charge in [-0.15, -0.1) is 11.3 Å². The van der Waals surface area contributed by atoms with E-state index in [4.69, 9.17) is 5.73 Å². The number of rotatable bonds is 3. The molecule has 0 saturated heterocycles. The molecule has 0 bridgehead atoms. The first-order valence-corrected chi connectivity index (χ1v) is 7.60. The van der Waals surface area contributed by atoms with E-state index in [1.807, 2.05) is 24.5 Å². The van der Waals surface area contributed by atoms with Crippen LogP contribution in [0.4, 0.5) is 0 Å². The molecule has 1 heterocycles. The molecule has 2 N–H and O–H groups in total. The van der Waals surface area contributed by atoms with E-state index in [-0.39, 0.29) is 6.04 Å². The normalized spacial score (nSPS) is 27.4. The highest BCUT2D eigenvalue weighted by molar-refractivity contribution is 7.11. The zero-order chi connectivity index (χ0) is 12.4. The highest BCUT2D eigenvalue weighted by atomic mass is 32.1. The van der Waals surface area contributed by atoms with Crippen LogP contribution in [0.1, 0.15) is 68.3 Å². The van der Waals surface area contributed by atoms with Crippen LogP contribution in [0.25, 0.3) is 0 Å². The SMILES string of the molecule is CC(N)c1cnc(C2CCC(C(C)C)CC2)s1. The van der Waals surface area contributed by atoms with Gasteiger partial charge in [-0.2, -0.15) is 0 Å². The van der Waals surface area contributed by atoms with Crippen LogP contribution in [0, 0.1) is 11.8 Å². The van der Waals surface area contributed by atoms with E-state index in [1.54, 1.807) is 0 Å². The van der Waals surface area contributed by atoms with Gasteiger partial charge in [0.1, 0.15) is 0 Å². The zero-order valence-corrected chi connectivity index (χ0v) is 12.0. The summed E-state index contributed by atoms with van der Waals surface area (Å²) in [5, 5.41) is 1.32. The topological polar surface area (TPSA) is 38.9 Å². The van der Waals surface area contributed by atoms with Crippen molar-refractivity contribution in [2.24, 2.45) is 17.6 Å². The first-order chi connectivity index (χ1) is 8.08. The Labute approximate surface area is 109 Å². The molecule has 0 spiro atoms. The highest BCUT2D eigenvalue weighted by Gasteiger charge is 2.26. The molecule has 0 amide bonds. The molecule has 96 valence electrons. The van der Waals surface area contributed by atoms with Crippen LogP contribution < -0.4 is 5.73 Å². The van der Waals surface area contributed by atoms with Gasteiger partial charge >= 0.3 is 0 Å². The lowest BCUT2D eigenvalue weighted by Crippen LogP contribution is -2.17. The molecule has 1 unspecified atom stereocenters. The van der Waals surface area contributed by atoms with Crippen molar-refractivity contribution in [2.75, 3.05) is 0 Å². The number of nitrogens with two attached hydrogens (primary N) is 1. The number of aromatic nitrogens is 1. The van der Waals surface area contributed by atoms with Gasteiger partial charge in [-0.25, -0.2) is 4.98 Å². The molecule has 0 aliphatic heterocycles. The van der Waals surface area contributed by atoms with Gasteiger partial charge in [-0.05, 0) is 44.4 Å². The van der Waals surface area contributed by atoms with Gasteiger partial charge in [0.25, 0.3) is 0 Å². The summed E-state index contributed by atoms with van der Waals surface area (Å²) in [5.41, 5.74) is 5.89. The first kappa shape index (κ1) is 13.0. The lowest BCUT2D eigenvalue weighted by atomic mass is 9.77. The van der Waals surface area contributed by atoms with Crippen LogP contribution in [0.2, 0.25) is 0 Å². The summed E-state index contributed by atoms with van der Waals surface area (Å²) in [7, 11) is 0. The molecule has 0 radical (unpaired) electrons. The Morgan fingerprint density at radius 1 is 1.24 bits per heavy atom. The first-order valence-electron chi connectivity index (χ1n) is 6.79. The summed E-state index contributed by atoms with van der Waals surface area (Å²) >= 11 is 1.82. The Hall–Kier alpha value is -0.410. The molecule has 2 nitrogen and oxygen atoms in total. The van der Waals surface area contributed by atoms with Crippen molar-refractivity contribution in [3.8, 4) is 0 Å². The van der Waals surface area contributed by atoms with Crippen molar-refractivity contribution < 1.29 is 0 Å². The van der Waals surface area contributed by atoms with E-state index < -0.39 is 0 Å². The van der Waals surface area contributed by atoms with E-state index >= 15 is 0 Å². The largest absolute Gasteiger partial charge is 0.323 e. The van der Waals surface area contributed by atoms with Gasteiger partial charge in [-0.3, -0.25) is 0 Å². The molecule has 1 aromatic rings. The smallest absolute Gasteiger partial charge is 0.0959 e. The van der Waals surface area contributed by atoms with Crippen LogP contribution in [0.5, 0.6) is 0 Å². The third-order valence-corrected chi connectivity index (χ3v) is 5.41. The number of thiazole rings is 1. The fourth-order valence-electron chi connectivity index (χ4n) is 2.73. The van der Waals surface area contributed by atoms with Crippen LogP contribution in [-0.4, -0.2) is 4.98 Å². The van der Waals surface area contributed by atoms with Crippen LogP contribution in [0.3, 0.4) is 0 Å². The summed E-state index contributed by atoms with van der Waals surface area (Å²) in [4.78, 5) is 5.80. The highest BCUT2D eigenvalue weighted by Crippen LogP contribution is 2.40. The molecule has 17 heavy (non-hydrogen) atoms. The van der Waals surface area contributed by atoms with Gasteiger partial charge in [-0.1, -0.05) is 13.8 Å². The van der Waals surface area contributed by atoms with Crippen LogP contribution >= 0.6 is 11.3 Å². The predicted octanol–water partition coefficient (Wildman–Crippen LogP) is 4.09. The van der Waals surface area contributed by atoms with Gasteiger partial charge in [0.15, 0.2) is 0 Å². The standard InChI is InChI=1S/C14H24N2S/c1-9(2)11-4-6-12(7-5-11)14-16-8-13(17-14)10(3)15/h8-12H,4-7,15H2,1-3H3. The van der Waals surface area contributed by atoms with Crippen molar-refractivity contribution in [3.63, 3.8) is 0 Å². The van der Waals surface area contributed by atoms with Crippen molar-refractivity contribution in [1.29, 1.82) is 0 Å². The molecule has 1 aliphatic rings. The van der Waals surface area contributed by atoms with E-state index in [1.165, 1.54) is 35.6 Å². The molecular formula is C14H24N2S. The van der Waals surface area contributed by atoms with Crippen molar-refractivity contribution in [2.45, 2.75) is 58.4 Å². The Bertz CT molecular complexity index is 349. The summed E-state index contributed by atoms with van der Waals surface area (Å²) < 4.78 is 0. The molecule has 1 aromatic heterocycles. The minimum atomic E-state index is 0.133. The van der Waals surface area contributed by atoms with Crippen LogP contribution in [-0.2, 0) is 0 Å². The molecule has 1 fully saturated rings. The number of hydrogen-bond acceptors (Lipinski definition) is 3. The molecule has 1 saturated carbocycles. The molecular weight excluding hydrogens is 228 g/mol. The summed E-state index contributed by atoms with van der Waals surface area (Å²) in [6.45, 7) is 6.73. The van der Waals surface area contributed by atoms with Crippen molar-refractivity contribution >= 4 is 11.3 Å². The molecule has 1 atom stereocenters. The van der Waals surface area contributed by atoms with E-state index in [0.717, 1.165) is 11.8 Å². The van der Waals surface area contributed by atoms with E-state index in [2.05, 4.69) is 18.8 Å². The Balaban J connectivity index is 1.96. The average molecular weight is 252 g/mol. The van der Waals surface area contributed by atoms with Crippen molar-refractivity contribution in [3.05, 3.63) is 16.1 Å². The third-order valence-electron chi connectivity index (χ3n) is 4.05. The summed E-state index contributed by atoms with van der Waals surface area (Å²) in [6, 6.07) is 0.133. The second kappa shape index (κ2) is 5.49. The molecule has 3 heteroatoms. The minimum Gasteiger partial charge on any atom is -0.323 e. The monoisotopic (exact) mass is 252 g/mol. The van der Waals surface area contributed by atoms with Gasteiger partial charge in [0.05, 0.1) is 5.01 Å². The molecule has 1 aliphatic carbocycles. The zero-order valence-electron chi connectivity index (χ0n) is 11.1. The summed E-state index contributed by atoms with van der Waals surface area (Å²) in [5.74, 6) is 2.47. The maximum Gasteiger partial charge on any atom is 0.0959 e.